The van der Waals surface area contributed by atoms with Gasteiger partial charge in [0.05, 0.1) is 6.07 Å². The minimum Gasteiger partial charge on any atom is -0.492 e. The summed E-state index contributed by atoms with van der Waals surface area (Å²) in [7, 11) is 3.97. The van der Waals surface area contributed by atoms with Gasteiger partial charge in [0.2, 0.25) is 5.91 Å². The van der Waals surface area contributed by atoms with Crippen LogP contribution >= 0.6 is 0 Å². The Bertz CT molecular complexity index is 421. The number of carbonyl (C=O) groups excluding carboxylic acids is 1. The highest BCUT2D eigenvalue weighted by atomic mass is 16.5. The molecule has 1 aromatic carbocycles. The second-order valence-electron chi connectivity index (χ2n) is 4.06. The highest BCUT2D eigenvalue weighted by Crippen LogP contribution is 2.15. The topological polar surface area (TPSA) is 65.4 Å². The maximum absolute atomic E-state index is 11.2. The molecule has 0 fully saturated rings. The van der Waals surface area contributed by atoms with E-state index in [-0.39, 0.29) is 12.3 Å². The number of rotatable bonds is 6. The average molecular weight is 247 g/mol. The van der Waals surface area contributed by atoms with Crippen LogP contribution < -0.4 is 10.1 Å². The first-order valence-corrected chi connectivity index (χ1v) is 5.66. The van der Waals surface area contributed by atoms with E-state index in [0.717, 1.165) is 12.3 Å². The van der Waals surface area contributed by atoms with Crippen LogP contribution in [-0.4, -0.2) is 38.1 Å². The molecule has 0 saturated heterocycles. The fourth-order valence-corrected chi connectivity index (χ4v) is 1.26. The summed E-state index contributed by atoms with van der Waals surface area (Å²) in [4.78, 5) is 13.2. The number of ether oxygens (including phenoxy) is 1. The second-order valence-corrected chi connectivity index (χ2v) is 4.06. The van der Waals surface area contributed by atoms with Crippen LogP contribution in [0.4, 0.5) is 5.69 Å². The zero-order chi connectivity index (χ0) is 13.4. The zero-order valence-corrected chi connectivity index (χ0v) is 10.6. The van der Waals surface area contributed by atoms with Crippen molar-refractivity contribution in [3.8, 4) is 11.8 Å². The zero-order valence-electron chi connectivity index (χ0n) is 10.6. The molecule has 1 amide bonds. The molecule has 0 aliphatic carbocycles. The lowest BCUT2D eigenvalue weighted by Crippen LogP contribution is -2.19. The van der Waals surface area contributed by atoms with Crippen molar-refractivity contribution < 1.29 is 9.53 Å². The Hall–Kier alpha value is -2.06. The molecular weight excluding hydrogens is 230 g/mol. The number of anilines is 1. The van der Waals surface area contributed by atoms with Crippen molar-refractivity contribution in [2.75, 3.05) is 32.6 Å². The number of nitriles is 1. The molecule has 18 heavy (non-hydrogen) atoms. The van der Waals surface area contributed by atoms with Crippen LogP contribution in [0.2, 0.25) is 0 Å². The molecule has 0 aromatic heterocycles. The molecule has 0 unspecified atom stereocenters. The van der Waals surface area contributed by atoms with Crippen molar-refractivity contribution in [2.45, 2.75) is 6.42 Å². The number of amides is 1. The van der Waals surface area contributed by atoms with Crippen molar-refractivity contribution in [3.63, 3.8) is 0 Å². The van der Waals surface area contributed by atoms with Gasteiger partial charge < -0.3 is 15.0 Å². The molecule has 1 rings (SSSR count). The maximum atomic E-state index is 11.2. The first kappa shape index (κ1) is 14.0. The van der Waals surface area contributed by atoms with Gasteiger partial charge in [-0.1, -0.05) is 0 Å². The molecule has 0 aliphatic heterocycles. The Morgan fingerprint density at radius 3 is 2.61 bits per heavy atom. The normalized spacial score (nSPS) is 9.89. The van der Waals surface area contributed by atoms with E-state index in [1.807, 2.05) is 19.0 Å². The van der Waals surface area contributed by atoms with Crippen molar-refractivity contribution >= 4 is 11.6 Å². The molecule has 0 atom stereocenters. The minimum absolute atomic E-state index is 0.138. The summed E-state index contributed by atoms with van der Waals surface area (Å²) in [5, 5.41) is 11.0. The third kappa shape index (κ3) is 5.32. The van der Waals surface area contributed by atoms with Crippen LogP contribution in [0.5, 0.6) is 5.75 Å². The van der Waals surface area contributed by atoms with Gasteiger partial charge in [-0.3, -0.25) is 4.79 Å². The van der Waals surface area contributed by atoms with Crippen LogP contribution in [0.15, 0.2) is 24.3 Å². The summed E-state index contributed by atoms with van der Waals surface area (Å²) in [6.45, 7) is 1.47. The van der Waals surface area contributed by atoms with Gasteiger partial charge in [-0.05, 0) is 38.4 Å². The van der Waals surface area contributed by atoms with Crippen LogP contribution in [0, 0.1) is 11.3 Å². The molecule has 0 aliphatic rings. The van der Waals surface area contributed by atoms with E-state index in [4.69, 9.17) is 10.00 Å². The van der Waals surface area contributed by atoms with E-state index in [0.29, 0.717) is 12.3 Å². The SMILES string of the molecule is CN(C)CCOc1ccc(NC(=O)CC#N)cc1. The smallest absolute Gasteiger partial charge is 0.238 e. The minimum atomic E-state index is -0.307. The van der Waals surface area contributed by atoms with Crippen molar-refractivity contribution in [3.05, 3.63) is 24.3 Å². The Morgan fingerprint density at radius 1 is 1.39 bits per heavy atom. The Kier molecular flexibility index (Phi) is 5.68. The van der Waals surface area contributed by atoms with Gasteiger partial charge in [-0.25, -0.2) is 0 Å². The number of carbonyl (C=O) groups is 1. The monoisotopic (exact) mass is 247 g/mol. The van der Waals surface area contributed by atoms with Crippen LogP contribution in [-0.2, 0) is 4.79 Å². The van der Waals surface area contributed by atoms with Gasteiger partial charge in [0.25, 0.3) is 0 Å². The first-order valence-electron chi connectivity index (χ1n) is 5.66. The van der Waals surface area contributed by atoms with E-state index >= 15 is 0 Å². The van der Waals surface area contributed by atoms with Gasteiger partial charge in [-0.15, -0.1) is 0 Å². The van der Waals surface area contributed by atoms with E-state index in [1.54, 1.807) is 30.3 Å². The molecule has 5 nitrogen and oxygen atoms in total. The molecule has 0 heterocycles. The van der Waals surface area contributed by atoms with E-state index < -0.39 is 0 Å². The second kappa shape index (κ2) is 7.30. The lowest BCUT2D eigenvalue weighted by Gasteiger charge is -2.11. The lowest BCUT2D eigenvalue weighted by atomic mass is 10.3. The number of nitrogens with zero attached hydrogens (tertiary/aromatic N) is 2. The third-order valence-corrected chi connectivity index (χ3v) is 2.18. The summed E-state index contributed by atoms with van der Waals surface area (Å²) in [6, 6.07) is 8.88. The molecule has 0 saturated carbocycles. The number of benzene rings is 1. The summed E-state index contributed by atoms with van der Waals surface area (Å²) >= 11 is 0. The third-order valence-electron chi connectivity index (χ3n) is 2.18. The average Bonchev–Trinajstić information content (AvgIpc) is 2.31. The fourth-order valence-electron chi connectivity index (χ4n) is 1.26. The molecule has 0 radical (unpaired) electrons. The Morgan fingerprint density at radius 2 is 2.06 bits per heavy atom. The summed E-state index contributed by atoms with van der Waals surface area (Å²) in [5.41, 5.74) is 0.662. The Balaban J connectivity index is 2.43. The largest absolute Gasteiger partial charge is 0.492 e. The molecular formula is C13H17N3O2. The van der Waals surface area contributed by atoms with Gasteiger partial charge in [0.1, 0.15) is 18.8 Å². The van der Waals surface area contributed by atoms with Crippen LogP contribution in [0.1, 0.15) is 6.42 Å². The number of hydrogen-bond acceptors (Lipinski definition) is 4. The van der Waals surface area contributed by atoms with E-state index in [9.17, 15) is 4.79 Å². The molecule has 1 N–H and O–H groups in total. The predicted octanol–water partition coefficient (Wildman–Crippen LogP) is 1.48. The maximum Gasteiger partial charge on any atom is 0.238 e. The Labute approximate surface area is 107 Å². The standard InChI is InChI=1S/C13H17N3O2/c1-16(2)9-10-18-12-5-3-11(4-6-12)15-13(17)7-8-14/h3-6H,7,9-10H2,1-2H3,(H,15,17). The van der Waals surface area contributed by atoms with Crippen LogP contribution in [0.3, 0.4) is 0 Å². The fraction of sp³-hybridized carbons (Fsp3) is 0.385. The molecule has 1 aromatic rings. The van der Waals surface area contributed by atoms with Crippen LogP contribution in [0.25, 0.3) is 0 Å². The van der Waals surface area contributed by atoms with E-state index in [1.165, 1.54) is 0 Å². The summed E-state index contributed by atoms with van der Waals surface area (Å²) in [6.07, 6.45) is -0.138. The summed E-state index contributed by atoms with van der Waals surface area (Å²) in [5.74, 6) is 0.453. The van der Waals surface area contributed by atoms with Crippen molar-refractivity contribution in [1.82, 2.24) is 4.90 Å². The number of likely N-dealkylation sites (N-methyl/N-ethyl adjacent to an activating group) is 1. The molecule has 0 bridgehead atoms. The highest BCUT2D eigenvalue weighted by Gasteiger charge is 2.01. The van der Waals surface area contributed by atoms with Gasteiger partial charge in [0.15, 0.2) is 0 Å². The number of nitrogens with one attached hydrogen (secondary N) is 1. The molecule has 5 heteroatoms. The molecule has 96 valence electrons. The van der Waals surface area contributed by atoms with Crippen molar-refractivity contribution in [2.24, 2.45) is 0 Å². The number of hydrogen-bond donors (Lipinski definition) is 1. The lowest BCUT2D eigenvalue weighted by molar-refractivity contribution is -0.115. The molecule has 0 spiro atoms. The highest BCUT2D eigenvalue weighted by molar-refractivity contribution is 5.92. The first-order chi connectivity index (χ1) is 8.61. The van der Waals surface area contributed by atoms with Gasteiger partial charge in [0, 0.05) is 12.2 Å². The van der Waals surface area contributed by atoms with Crippen molar-refractivity contribution in [1.29, 1.82) is 5.26 Å². The summed E-state index contributed by atoms with van der Waals surface area (Å²) < 4.78 is 5.52. The van der Waals surface area contributed by atoms with E-state index in [2.05, 4.69) is 5.32 Å². The predicted molar refractivity (Wildman–Crippen MR) is 69.4 cm³/mol. The van der Waals surface area contributed by atoms with Gasteiger partial charge in [-0.2, -0.15) is 5.26 Å². The quantitative estimate of drug-likeness (QED) is 0.827. The van der Waals surface area contributed by atoms with Gasteiger partial charge >= 0.3 is 0 Å².